The molecule has 1 aliphatic carbocycles. The molecule has 22 heavy (non-hydrogen) atoms. The summed E-state index contributed by atoms with van der Waals surface area (Å²) in [5, 5.41) is 3.55. The lowest BCUT2D eigenvalue weighted by Crippen LogP contribution is -2.33. The molecule has 0 saturated heterocycles. The van der Waals surface area contributed by atoms with Crippen LogP contribution in [0.4, 0.5) is 5.69 Å². The Labute approximate surface area is 128 Å². The number of aromatic nitrogens is 1. The van der Waals surface area contributed by atoms with Gasteiger partial charge in [0.25, 0.3) is 0 Å². The zero-order chi connectivity index (χ0) is 15.1. The molecule has 0 atom stereocenters. The van der Waals surface area contributed by atoms with Gasteiger partial charge in [0.1, 0.15) is 0 Å². The second-order valence-corrected chi connectivity index (χ2v) is 6.03. The number of hydrogen-bond donors (Lipinski definition) is 1. The Morgan fingerprint density at radius 2 is 1.91 bits per heavy atom. The summed E-state index contributed by atoms with van der Waals surface area (Å²) >= 11 is 0. The Kier molecular flexibility index (Phi) is 3.03. The van der Waals surface area contributed by atoms with Gasteiger partial charge in [0, 0.05) is 18.8 Å². The molecule has 1 aliphatic rings. The fourth-order valence-corrected chi connectivity index (χ4v) is 3.19. The first-order valence-corrected chi connectivity index (χ1v) is 7.62. The van der Waals surface area contributed by atoms with Crippen LogP contribution in [-0.4, -0.2) is 10.6 Å². The molecule has 4 heteroatoms. The van der Waals surface area contributed by atoms with E-state index in [1.54, 1.807) is 7.05 Å². The molecule has 0 spiro atoms. The first-order chi connectivity index (χ1) is 10.7. The van der Waals surface area contributed by atoms with Crippen molar-refractivity contribution in [3.63, 3.8) is 0 Å². The van der Waals surface area contributed by atoms with Crippen LogP contribution in [0, 0.1) is 0 Å². The van der Waals surface area contributed by atoms with E-state index in [0.717, 1.165) is 24.0 Å². The minimum Gasteiger partial charge on any atom is -0.408 e. The lowest BCUT2D eigenvalue weighted by atomic mass is 9.76. The lowest BCUT2D eigenvalue weighted by Gasteiger charge is -2.37. The number of nitrogens with one attached hydrogen (secondary N) is 1. The first kappa shape index (κ1) is 13.2. The maximum Gasteiger partial charge on any atom is 0.419 e. The maximum absolute atomic E-state index is 11.5. The molecule has 1 heterocycles. The number of rotatable bonds is 3. The Bertz CT molecular complexity index is 858. The van der Waals surface area contributed by atoms with Crippen LogP contribution in [-0.2, 0) is 7.05 Å². The van der Waals surface area contributed by atoms with Crippen LogP contribution in [0.3, 0.4) is 0 Å². The zero-order valence-electron chi connectivity index (χ0n) is 12.5. The SMILES string of the molecule is Cn1c(=O)oc2ccc(NC3CC(c4ccccc4)C3)cc21. The molecule has 0 unspecified atom stereocenters. The van der Waals surface area contributed by atoms with Gasteiger partial charge in [0.15, 0.2) is 5.58 Å². The van der Waals surface area contributed by atoms with Crippen molar-refractivity contribution in [2.24, 2.45) is 7.05 Å². The van der Waals surface area contributed by atoms with Crippen molar-refractivity contribution in [3.8, 4) is 0 Å². The summed E-state index contributed by atoms with van der Waals surface area (Å²) in [6.45, 7) is 0. The van der Waals surface area contributed by atoms with Gasteiger partial charge in [-0.25, -0.2) is 4.79 Å². The van der Waals surface area contributed by atoms with Gasteiger partial charge in [-0.2, -0.15) is 0 Å². The fraction of sp³-hybridized carbons (Fsp3) is 0.278. The number of aryl methyl sites for hydroxylation is 1. The molecule has 112 valence electrons. The topological polar surface area (TPSA) is 47.2 Å². The number of nitrogens with zero attached hydrogens (tertiary/aromatic N) is 1. The Morgan fingerprint density at radius 3 is 2.68 bits per heavy atom. The highest BCUT2D eigenvalue weighted by atomic mass is 16.4. The summed E-state index contributed by atoms with van der Waals surface area (Å²) in [4.78, 5) is 11.5. The summed E-state index contributed by atoms with van der Waals surface area (Å²) in [5.41, 5.74) is 3.93. The average molecular weight is 294 g/mol. The van der Waals surface area contributed by atoms with Gasteiger partial charge in [0.2, 0.25) is 0 Å². The number of oxazole rings is 1. The Hall–Kier alpha value is -2.49. The number of anilines is 1. The van der Waals surface area contributed by atoms with Crippen molar-refractivity contribution < 1.29 is 4.42 Å². The van der Waals surface area contributed by atoms with Crippen LogP contribution in [0.25, 0.3) is 11.1 Å². The quantitative estimate of drug-likeness (QED) is 0.804. The number of hydrogen-bond acceptors (Lipinski definition) is 3. The van der Waals surface area contributed by atoms with Crippen LogP contribution in [0.2, 0.25) is 0 Å². The summed E-state index contributed by atoms with van der Waals surface area (Å²) in [5.74, 6) is 0.334. The highest BCUT2D eigenvalue weighted by molar-refractivity contribution is 5.77. The van der Waals surface area contributed by atoms with Gasteiger partial charge < -0.3 is 9.73 Å². The van der Waals surface area contributed by atoms with Gasteiger partial charge in [-0.15, -0.1) is 0 Å². The Balaban J connectivity index is 1.47. The van der Waals surface area contributed by atoms with Crippen LogP contribution >= 0.6 is 0 Å². The first-order valence-electron chi connectivity index (χ1n) is 7.62. The summed E-state index contributed by atoms with van der Waals surface area (Å²) < 4.78 is 6.69. The third kappa shape index (κ3) is 2.21. The van der Waals surface area contributed by atoms with Crippen molar-refractivity contribution in [3.05, 3.63) is 64.6 Å². The van der Waals surface area contributed by atoms with E-state index in [0.29, 0.717) is 17.5 Å². The third-order valence-corrected chi connectivity index (χ3v) is 4.57. The molecular formula is C18H18N2O2. The van der Waals surface area contributed by atoms with E-state index >= 15 is 0 Å². The molecule has 1 aromatic heterocycles. The standard InChI is InChI=1S/C18H18N2O2/c1-20-16-11-14(7-8-17(16)22-18(20)21)19-15-9-13(10-15)12-5-3-2-4-6-12/h2-8,11,13,15,19H,9-10H2,1H3. The summed E-state index contributed by atoms with van der Waals surface area (Å²) in [7, 11) is 1.73. The normalized spacial score (nSPS) is 20.8. The molecule has 2 aromatic carbocycles. The van der Waals surface area contributed by atoms with Gasteiger partial charge in [0.05, 0.1) is 5.52 Å². The van der Waals surface area contributed by atoms with E-state index in [9.17, 15) is 4.79 Å². The molecule has 0 amide bonds. The molecule has 0 bridgehead atoms. The van der Waals surface area contributed by atoms with E-state index < -0.39 is 0 Å². The molecule has 1 saturated carbocycles. The minimum atomic E-state index is -0.320. The number of benzene rings is 2. The smallest absolute Gasteiger partial charge is 0.408 e. The van der Waals surface area contributed by atoms with Crippen LogP contribution in [0.5, 0.6) is 0 Å². The molecule has 0 aliphatic heterocycles. The predicted molar refractivity (Wildman–Crippen MR) is 87.3 cm³/mol. The van der Waals surface area contributed by atoms with Crippen LogP contribution in [0.1, 0.15) is 24.3 Å². The molecular weight excluding hydrogens is 276 g/mol. The summed E-state index contributed by atoms with van der Waals surface area (Å²) in [6, 6.07) is 17.0. The second-order valence-electron chi connectivity index (χ2n) is 6.03. The highest BCUT2D eigenvalue weighted by Gasteiger charge is 2.30. The number of fused-ring (bicyclic) bond motifs is 1. The van der Waals surface area contributed by atoms with Gasteiger partial charge >= 0.3 is 5.76 Å². The summed E-state index contributed by atoms with van der Waals surface area (Å²) in [6.07, 6.45) is 2.29. The predicted octanol–water partition coefficient (Wildman–Crippen LogP) is 3.49. The maximum atomic E-state index is 11.5. The van der Waals surface area contributed by atoms with E-state index in [4.69, 9.17) is 4.42 Å². The van der Waals surface area contributed by atoms with Crippen molar-refractivity contribution in [1.29, 1.82) is 0 Å². The van der Waals surface area contributed by atoms with Crippen LogP contribution in [0.15, 0.2) is 57.7 Å². The van der Waals surface area contributed by atoms with Crippen molar-refractivity contribution in [2.75, 3.05) is 5.32 Å². The molecule has 4 nitrogen and oxygen atoms in total. The van der Waals surface area contributed by atoms with Gasteiger partial charge in [-0.05, 0) is 42.5 Å². The van der Waals surface area contributed by atoms with Crippen molar-refractivity contribution >= 4 is 16.8 Å². The largest absolute Gasteiger partial charge is 0.419 e. The van der Waals surface area contributed by atoms with Crippen molar-refractivity contribution in [2.45, 2.75) is 24.8 Å². The van der Waals surface area contributed by atoms with E-state index in [2.05, 4.69) is 35.6 Å². The minimum absolute atomic E-state index is 0.320. The van der Waals surface area contributed by atoms with Gasteiger partial charge in [-0.3, -0.25) is 4.57 Å². The molecule has 0 radical (unpaired) electrons. The van der Waals surface area contributed by atoms with E-state index in [1.165, 1.54) is 10.1 Å². The Morgan fingerprint density at radius 1 is 1.14 bits per heavy atom. The molecule has 4 rings (SSSR count). The molecule has 1 N–H and O–H groups in total. The van der Waals surface area contributed by atoms with E-state index in [1.807, 2.05) is 18.2 Å². The van der Waals surface area contributed by atoms with Crippen LogP contribution < -0.4 is 11.1 Å². The highest BCUT2D eigenvalue weighted by Crippen LogP contribution is 2.38. The fourth-order valence-electron chi connectivity index (χ4n) is 3.19. The van der Waals surface area contributed by atoms with Gasteiger partial charge in [-0.1, -0.05) is 30.3 Å². The van der Waals surface area contributed by atoms with Crippen molar-refractivity contribution in [1.82, 2.24) is 4.57 Å². The molecule has 1 fully saturated rings. The van der Waals surface area contributed by atoms with E-state index in [-0.39, 0.29) is 5.76 Å². The average Bonchev–Trinajstić information content (AvgIpc) is 2.78. The monoisotopic (exact) mass is 294 g/mol. The molecule has 3 aromatic rings. The zero-order valence-corrected chi connectivity index (χ0v) is 12.5. The second kappa shape index (κ2) is 5.05. The lowest BCUT2D eigenvalue weighted by molar-refractivity contribution is 0.374. The third-order valence-electron chi connectivity index (χ3n) is 4.57.